The molecule has 3 rings (SSSR count). The number of hydrogen-bond donors (Lipinski definition) is 1. The average Bonchev–Trinajstić information content (AvgIpc) is 2.71. The van der Waals surface area contributed by atoms with Gasteiger partial charge in [-0.15, -0.1) is 0 Å². The van der Waals surface area contributed by atoms with E-state index in [0.29, 0.717) is 13.2 Å². The third-order valence-electron chi connectivity index (χ3n) is 5.64. The lowest BCUT2D eigenvalue weighted by atomic mass is 9.87. The van der Waals surface area contributed by atoms with Crippen molar-refractivity contribution in [2.75, 3.05) is 26.2 Å². The summed E-state index contributed by atoms with van der Waals surface area (Å²) in [6.45, 7) is 10.3. The number of piperidine rings is 1. The number of rotatable bonds is 7. The monoisotopic (exact) mass is 428 g/mol. The molecule has 5 heteroatoms. The summed E-state index contributed by atoms with van der Waals surface area (Å²) in [6, 6.07) is 16.2. The number of carbonyl (C=O) groups is 1. The fraction of sp³-hybridized carbons (Fsp3) is 0.480. The van der Waals surface area contributed by atoms with Crippen LogP contribution in [0.4, 0.5) is 0 Å². The highest BCUT2D eigenvalue weighted by Crippen LogP contribution is 2.24. The Morgan fingerprint density at radius 2 is 1.83 bits per heavy atom. The minimum absolute atomic E-state index is 0.0895. The molecule has 1 aliphatic rings. The van der Waals surface area contributed by atoms with E-state index in [1.54, 1.807) is 0 Å². The van der Waals surface area contributed by atoms with E-state index < -0.39 is 0 Å². The van der Waals surface area contributed by atoms with E-state index >= 15 is 0 Å². The van der Waals surface area contributed by atoms with Crippen molar-refractivity contribution in [3.05, 3.63) is 64.7 Å². The predicted octanol–water partition coefficient (Wildman–Crippen LogP) is 5.04. The van der Waals surface area contributed by atoms with Crippen molar-refractivity contribution in [1.82, 2.24) is 10.2 Å². The Kier molecular flexibility index (Phi) is 7.79. The molecule has 30 heavy (non-hydrogen) atoms. The molecule has 4 nitrogen and oxygen atoms in total. The topological polar surface area (TPSA) is 41.6 Å². The Bertz CT molecular complexity index is 822. The fourth-order valence-electron chi connectivity index (χ4n) is 3.79. The van der Waals surface area contributed by atoms with Crippen LogP contribution in [0, 0.1) is 5.92 Å². The van der Waals surface area contributed by atoms with Gasteiger partial charge >= 0.3 is 0 Å². The second-order valence-electron chi connectivity index (χ2n) is 9.09. The summed E-state index contributed by atoms with van der Waals surface area (Å²) in [5.41, 5.74) is 2.64. The van der Waals surface area contributed by atoms with Crippen LogP contribution in [0.3, 0.4) is 0 Å². The van der Waals surface area contributed by atoms with Gasteiger partial charge in [-0.1, -0.05) is 56.6 Å². The maximum atomic E-state index is 12.5. The van der Waals surface area contributed by atoms with Crippen LogP contribution in [0.1, 0.15) is 44.7 Å². The first-order valence-corrected chi connectivity index (χ1v) is 11.2. The standard InChI is InChI=1S/C25H33ClN2O2/c1-25(2,3)21-7-9-23(10-8-21)30-16-13-27-24(29)20-11-14-28(15-12-20)18-19-5-4-6-22(26)17-19/h4-10,17,20H,11-16,18H2,1-3H3,(H,27,29). The molecule has 1 heterocycles. The second-order valence-corrected chi connectivity index (χ2v) is 9.53. The van der Waals surface area contributed by atoms with Crippen molar-refractivity contribution in [2.24, 2.45) is 5.92 Å². The molecule has 2 aromatic rings. The van der Waals surface area contributed by atoms with E-state index in [0.717, 1.165) is 43.2 Å². The molecule has 0 aliphatic carbocycles. The van der Waals surface area contributed by atoms with Gasteiger partial charge in [0.15, 0.2) is 0 Å². The number of nitrogens with one attached hydrogen (secondary N) is 1. The molecule has 0 aromatic heterocycles. The molecule has 0 saturated carbocycles. The van der Waals surface area contributed by atoms with Crippen molar-refractivity contribution in [2.45, 2.75) is 45.6 Å². The van der Waals surface area contributed by atoms with Gasteiger partial charge in [0.25, 0.3) is 0 Å². The van der Waals surface area contributed by atoms with Gasteiger partial charge in [-0.05, 0) is 66.7 Å². The Morgan fingerprint density at radius 3 is 2.47 bits per heavy atom. The summed E-state index contributed by atoms with van der Waals surface area (Å²) >= 11 is 6.07. The summed E-state index contributed by atoms with van der Waals surface area (Å²) in [4.78, 5) is 14.9. The van der Waals surface area contributed by atoms with Crippen molar-refractivity contribution in [3.63, 3.8) is 0 Å². The normalized spacial score (nSPS) is 15.7. The highest BCUT2D eigenvalue weighted by molar-refractivity contribution is 6.30. The molecule has 0 radical (unpaired) electrons. The van der Waals surface area contributed by atoms with Crippen molar-refractivity contribution < 1.29 is 9.53 Å². The Balaban J connectivity index is 1.34. The van der Waals surface area contributed by atoms with Gasteiger partial charge in [0.2, 0.25) is 5.91 Å². The summed E-state index contributed by atoms with van der Waals surface area (Å²) in [6.07, 6.45) is 1.78. The summed E-state index contributed by atoms with van der Waals surface area (Å²) in [5.74, 6) is 1.07. The van der Waals surface area contributed by atoms with Gasteiger partial charge in [0, 0.05) is 17.5 Å². The first-order valence-electron chi connectivity index (χ1n) is 10.8. The van der Waals surface area contributed by atoms with E-state index in [1.807, 2.05) is 30.3 Å². The number of carbonyl (C=O) groups excluding carboxylic acids is 1. The predicted molar refractivity (Wildman–Crippen MR) is 123 cm³/mol. The number of halogens is 1. The smallest absolute Gasteiger partial charge is 0.223 e. The molecule has 0 unspecified atom stereocenters. The summed E-state index contributed by atoms with van der Waals surface area (Å²) < 4.78 is 5.77. The lowest BCUT2D eigenvalue weighted by Crippen LogP contribution is -2.41. The fourth-order valence-corrected chi connectivity index (χ4v) is 4.00. The lowest BCUT2D eigenvalue weighted by Gasteiger charge is -2.31. The van der Waals surface area contributed by atoms with Crippen molar-refractivity contribution in [3.8, 4) is 5.75 Å². The van der Waals surface area contributed by atoms with Gasteiger partial charge in [0.1, 0.15) is 12.4 Å². The molecular weight excluding hydrogens is 396 g/mol. The highest BCUT2D eigenvalue weighted by Gasteiger charge is 2.24. The Labute approximate surface area is 185 Å². The van der Waals surface area contributed by atoms with Crippen LogP contribution in [-0.2, 0) is 16.8 Å². The minimum Gasteiger partial charge on any atom is -0.492 e. The number of nitrogens with zero attached hydrogens (tertiary/aromatic N) is 1. The minimum atomic E-state index is 0.0895. The van der Waals surface area contributed by atoms with Crippen LogP contribution in [0.25, 0.3) is 0 Å². The molecule has 1 saturated heterocycles. The zero-order chi connectivity index (χ0) is 21.6. The molecule has 1 amide bonds. The van der Waals surface area contributed by atoms with Crippen LogP contribution < -0.4 is 10.1 Å². The molecule has 0 atom stereocenters. The van der Waals surface area contributed by atoms with Crippen LogP contribution in [-0.4, -0.2) is 37.0 Å². The van der Waals surface area contributed by atoms with Crippen molar-refractivity contribution in [1.29, 1.82) is 0 Å². The average molecular weight is 429 g/mol. The van der Waals surface area contributed by atoms with Gasteiger partial charge < -0.3 is 10.1 Å². The summed E-state index contributed by atoms with van der Waals surface area (Å²) in [7, 11) is 0. The molecule has 1 N–H and O–H groups in total. The lowest BCUT2D eigenvalue weighted by molar-refractivity contribution is -0.126. The van der Waals surface area contributed by atoms with Crippen molar-refractivity contribution >= 4 is 17.5 Å². The zero-order valence-electron chi connectivity index (χ0n) is 18.3. The maximum absolute atomic E-state index is 12.5. The van der Waals surface area contributed by atoms with E-state index in [4.69, 9.17) is 16.3 Å². The molecule has 2 aromatic carbocycles. The molecular formula is C25H33ClN2O2. The number of likely N-dealkylation sites (tertiary alicyclic amines) is 1. The number of benzene rings is 2. The van der Waals surface area contributed by atoms with Crippen LogP contribution in [0.5, 0.6) is 5.75 Å². The van der Waals surface area contributed by atoms with E-state index in [1.165, 1.54) is 11.1 Å². The number of hydrogen-bond acceptors (Lipinski definition) is 3. The van der Waals surface area contributed by atoms with E-state index in [9.17, 15) is 4.79 Å². The zero-order valence-corrected chi connectivity index (χ0v) is 19.0. The van der Waals surface area contributed by atoms with Gasteiger partial charge in [-0.2, -0.15) is 0 Å². The quantitative estimate of drug-likeness (QED) is 0.628. The number of ether oxygens (including phenoxy) is 1. The van der Waals surface area contributed by atoms with Gasteiger partial charge in [-0.3, -0.25) is 9.69 Å². The number of amides is 1. The van der Waals surface area contributed by atoms with E-state index in [-0.39, 0.29) is 17.2 Å². The molecule has 0 spiro atoms. The van der Waals surface area contributed by atoms with Crippen LogP contribution in [0.2, 0.25) is 5.02 Å². The largest absolute Gasteiger partial charge is 0.492 e. The van der Waals surface area contributed by atoms with E-state index in [2.05, 4.69) is 49.2 Å². The molecule has 0 bridgehead atoms. The molecule has 162 valence electrons. The summed E-state index contributed by atoms with van der Waals surface area (Å²) in [5, 5.41) is 3.80. The Hall–Kier alpha value is -2.04. The van der Waals surface area contributed by atoms with Crippen LogP contribution in [0.15, 0.2) is 48.5 Å². The SMILES string of the molecule is CC(C)(C)c1ccc(OCCNC(=O)C2CCN(Cc3cccc(Cl)c3)CC2)cc1. The second kappa shape index (κ2) is 10.3. The Morgan fingerprint density at radius 1 is 1.13 bits per heavy atom. The van der Waals surface area contributed by atoms with Gasteiger partial charge in [-0.25, -0.2) is 0 Å². The maximum Gasteiger partial charge on any atom is 0.223 e. The highest BCUT2D eigenvalue weighted by atomic mass is 35.5. The first kappa shape index (κ1) is 22.6. The third-order valence-corrected chi connectivity index (χ3v) is 5.88. The van der Waals surface area contributed by atoms with Gasteiger partial charge in [0.05, 0.1) is 6.54 Å². The first-order chi connectivity index (χ1) is 14.3. The molecule has 1 aliphatic heterocycles. The van der Waals surface area contributed by atoms with Crippen LogP contribution >= 0.6 is 11.6 Å². The molecule has 1 fully saturated rings. The third kappa shape index (κ3) is 6.75.